The molecule has 5 nitrogen and oxygen atoms in total. The third-order valence-corrected chi connectivity index (χ3v) is 4.56. The summed E-state index contributed by atoms with van der Waals surface area (Å²) in [5, 5.41) is 11.8. The van der Waals surface area contributed by atoms with Gasteiger partial charge in [0.1, 0.15) is 5.75 Å². The SMILES string of the molecule is O=C(O)c1cccc(CNC(=O)C2CSc3ccccc3O2)c1. The van der Waals surface area contributed by atoms with Crippen molar-refractivity contribution in [2.75, 3.05) is 5.75 Å². The molecule has 6 heteroatoms. The fourth-order valence-corrected chi connectivity index (χ4v) is 3.25. The number of hydrogen-bond donors (Lipinski definition) is 2. The summed E-state index contributed by atoms with van der Waals surface area (Å²) in [6, 6.07) is 14.1. The topological polar surface area (TPSA) is 75.6 Å². The van der Waals surface area contributed by atoms with Crippen LogP contribution in [0.5, 0.6) is 5.75 Å². The lowest BCUT2D eigenvalue weighted by Gasteiger charge is -2.24. The van der Waals surface area contributed by atoms with Crippen molar-refractivity contribution in [3.63, 3.8) is 0 Å². The number of benzene rings is 2. The zero-order valence-electron chi connectivity index (χ0n) is 12.2. The first-order valence-corrected chi connectivity index (χ1v) is 8.10. The summed E-state index contributed by atoms with van der Waals surface area (Å²) < 4.78 is 5.72. The largest absolute Gasteiger partial charge is 0.479 e. The van der Waals surface area contributed by atoms with Crippen LogP contribution in [0, 0.1) is 0 Å². The van der Waals surface area contributed by atoms with E-state index in [-0.39, 0.29) is 18.0 Å². The number of para-hydroxylation sites is 1. The van der Waals surface area contributed by atoms with Gasteiger partial charge in [0.25, 0.3) is 5.91 Å². The van der Waals surface area contributed by atoms with E-state index in [1.165, 1.54) is 6.07 Å². The number of carbonyl (C=O) groups excluding carboxylic acids is 1. The molecule has 1 aliphatic rings. The standard InChI is InChI=1S/C17H15NO4S/c19-16(14-10-23-15-7-2-1-6-13(15)22-14)18-9-11-4-3-5-12(8-11)17(20)21/h1-8,14H,9-10H2,(H,18,19)(H,20,21). The van der Waals surface area contributed by atoms with Crippen LogP contribution in [0.4, 0.5) is 0 Å². The lowest BCUT2D eigenvalue weighted by Crippen LogP contribution is -2.41. The molecule has 0 saturated heterocycles. The summed E-state index contributed by atoms with van der Waals surface area (Å²) in [7, 11) is 0. The van der Waals surface area contributed by atoms with Crippen molar-refractivity contribution >= 4 is 23.6 Å². The molecule has 0 aromatic heterocycles. The Bertz CT molecular complexity index is 747. The molecule has 1 heterocycles. The second kappa shape index (κ2) is 6.75. The highest BCUT2D eigenvalue weighted by atomic mass is 32.2. The molecule has 1 atom stereocenters. The van der Waals surface area contributed by atoms with E-state index in [1.54, 1.807) is 30.0 Å². The molecule has 0 bridgehead atoms. The van der Waals surface area contributed by atoms with E-state index in [1.807, 2.05) is 24.3 Å². The maximum atomic E-state index is 12.2. The molecule has 0 spiro atoms. The maximum absolute atomic E-state index is 12.2. The van der Waals surface area contributed by atoms with Gasteiger partial charge in [-0.2, -0.15) is 0 Å². The summed E-state index contributed by atoms with van der Waals surface area (Å²) in [6.07, 6.45) is -0.544. The average Bonchev–Trinajstić information content (AvgIpc) is 2.59. The van der Waals surface area contributed by atoms with Gasteiger partial charge in [0, 0.05) is 17.2 Å². The number of carbonyl (C=O) groups is 2. The van der Waals surface area contributed by atoms with Crippen LogP contribution in [0.1, 0.15) is 15.9 Å². The van der Waals surface area contributed by atoms with Crippen LogP contribution in [0.25, 0.3) is 0 Å². The number of fused-ring (bicyclic) bond motifs is 1. The minimum absolute atomic E-state index is 0.201. The minimum atomic E-state index is -0.984. The molecule has 1 amide bonds. The first-order valence-electron chi connectivity index (χ1n) is 7.12. The van der Waals surface area contributed by atoms with Crippen LogP contribution in [0.3, 0.4) is 0 Å². The Morgan fingerprint density at radius 3 is 2.87 bits per heavy atom. The van der Waals surface area contributed by atoms with E-state index in [0.717, 1.165) is 16.2 Å². The predicted molar refractivity (Wildman–Crippen MR) is 86.8 cm³/mol. The molecule has 23 heavy (non-hydrogen) atoms. The molecule has 0 saturated carbocycles. The number of hydrogen-bond acceptors (Lipinski definition) is 4. The van der Waals surface area contributed by atoms with E-state index < -0.39 is 12.1 Å². The Labute approximate surface area is 137 Å². The van der Waals surface area contributed by atoms with Gasteiger partial charge >= 0.3 is 5.97 Å². The first-order chi connectivity index (χ1) is 11.1. The van der Waals surface area contributed by atoms with E-state index in [9.17, 15) is 9.59 Å². The van der Waals surface area contributed by atoms with Gasteiger partial charge < -0.3 is 15.2 Å². The number of ether oxygens (including phenoxy) is 1. The van der Waals surface area contributed by atoms with Crippen molar-refractivity contribution in [1.82, 2.24) is 5.32 Å². The fourth-order valence-electron chi connectivity index (χ4n) is 2.27. The predicted octanol–water partition coefficient (Wildman–Crippen LogP) is 2.55. The Morgan fingerprint density at radius 2 is 2.04 bits per heavy atom. The van der Waals surface area contributed by atoms with Gasteiger partial charge in [0.2, 0.25) is 0 Å². The van der Waals surface area contributed by atoms with Gasteiger partial charge in [-0.1, -0.05) is 24.3 Å². The quantitative estimate of drug-likeness (QED) is 0.901. The number of nitrogens with one attached hydrogen (secondary N) is 1. The third kappa shape index (κ3) is 3.65. The van der Waals surface area contributed by atoms with Gasteiger partial charge in [-0.05, 0) is 29.8 Å². The number of rotatable bonds is 4. The zero-order chi connectivity index (χ0) is 16.2. The smallest absolute Gasteiger partial charge is 0.335 e. The van der Waals surface area contributed by atoms with Crippen molar-refractivity contribution in [2.24, 2.45) is 0 Å². The normalized spacial score (nSPS) is 16.1. The minimum Gasteiger partial charge on any atom is -0.479 e. The van der Waals surface area contributed by atoms with Gasteiger partial charge in [-0.25, -0.2) is 4.79 Å². The molecule has 0 fully saturated rings. The van der Waals surface area contributed by atoms with Crippen molar-refractivity contribution in [3.05, 3.63) is 59.7 Å². The molecule has 2 aromatic rings. The highest BCUT2D eigenvalue weighted by Crippen LogP contribution is 2.34. The number of carboxylic acids is 1. The van der Waals surface area contributed by atoms with E-state index in [0.29, 0.717) is 5.75 Å². The Kier molecular flexibility index (Phi) is 4.52. The van der Waals surface area contributed by atoms with E-state index >= 15 is 0 Å². The molecule has 0 aliphatic carbocycles. The Hall–Kier alpha value is -2.47. The Balaban J connectivity index is 1.60. The number of amides is 1. The zero-order valence-corrected chi connectivity index (χ0v) is 13.0. The molecular weight excluding hydrogens is 314 g/mol. The lowest BCUT2D eigenvalue weighted by atomic mass is 10.1. The maximum Gasteiger partial charge on any atom is 0.335 e. The number of carboxylic acid groups (broad SMARTS) is 1. The van der Waals surface area contributed by atoms with E-state index in [4.69, 9.17) is 9.84 Å². The van der Waals surface area contributed by atoms with E-state index in [2.05, 4.69) is 5.32 Å². The molecular formula is C17H15NO4S. The van der Waals surface area contributed by atoms with Crippen LogP contribution in [-0.4, -0.2) is 28.8 Å². The molecule has 1 aliphatic heterocycles. The monoisotopic (exact) mass is 329 g/mol. The summed E-state index contributed by atoms with van der Waals surface area (Å²) in [6.45, 7) is 0.270. The van der Waals surface area contributed by atoms with Crippen molar-refractivity contribution < 1.29 is 19.4 Å². The summed E-state index contributed by atoms with van der Waals surface area (Å²) >= 11 is 1.59. The second-order valence-electron chi connectivity index (χ2n) is 5.09. The van der Waals surface area contributed by atoms with Crippen molar-refractivity contribution in [1.29, 1.82) is 0 Å². The number of aromatic carboxylic acids is 1. The fraction of sp³-hybridized carbons (Fsp3) is 0.176. The van der Waals surface area contributed by atoms with Crippen LogP contribution in [0.15, 0.2) is 53.4 Å². The number of thioether (sulfide) groups is 1. The highest BCUT2D eigenvalue weighted by Gasteiger charge is 2.26. The molecule has 3 rings (SSSR count). The van der Waals surface area contributed by atoms with Crippen LogP contribution in [-0.2, 0) is 11.3 Å². The van der Waals surface area contributed by atoms with Crippen molar-refractivity contribution in [3.8, 4) is 5.75 Å². The lowest BCUT2D eigenvalue weighted by molar-refractivity contribution is -0.127. The molecule has 0 radical (unpaired) electrons. The summed E-state index contributed by atoms with van der Waals surface area (Å²) in [4.78, 5) is 24.2. The average molecular weight is 329 g/mol. The van der Waals surface area contributed by atoms with Gasteiger partial charge in [0.15, 0.2) is 6.10 Å². The van der Waals surface area contributed by atoms with Crippen LogP contribution >= 0.6 is 11.8 Å². The molecule has 118 valence electrons. The highest BCUT2D eigenvalue weighted by molar-refractivity contribution is 7.99. The van der Waals surface area contributed by atoms with Crippen LogP contribution in [0.2, 0.25) is 0 Å². The Morgan fingerprint density at radius 1 is 1.22 bits per heavy atom. The van der Waals surface area contributed by atoms with Crippen molar-refractivity contribution in [2.45, 2.75) is 17.5 Å². The molecule has 2 aromatic carbocycles. The molecule has 1 unspecified atom stereocenters. The second-order valence-corrected chi connectivity index (χ2v) is 6.15. The molecule has 2 N–H and O–H groups in total. The summed E-state index contributed by atoms with van der Waals surface area (Å²) in [5.74, 6) is 0.0872. The van der Waals surface area contributed by atoms with Gasteiger partial charge in [-0.15, -0.1) is 11.8 Å². The van der Waals surface area contributed by atoms with Gasteiger partial charge in [0.05, 0.1) is 5.56 Å². The first kappa shape index (κ1) is 15.4. The van der Waals surface area contributed by atoms with Gasteiger partial charge in [-0.3, -0.25) is 4.79 Å². The van der Waals surface area contributed by atoms with Crippen LogP contribution < -0.4 is 10.1 Å². The third-order valence-electron chi connectivity index (χ3n) is 3.44. The summed E-state index contributed by atoms with van der Waals surface area (Å²) in [5.41, 5.74) is 0.942.